The number of amides is 1. The van der Waals surface area contributed by atoms with Crippen LogP contribution in [0.25, 0.3) is 11.0 Å². The number of fused-ring (bicyclic) bond motifs is 1. The lowest BCUT2D eigenvalue weighted by Crippen LogP contribution is -2.49. The Balaban J connectivity index is 1.61. The topological polar surface area (TPSA) is 54.3 Å². The summed E-state index contributed by atoms with van der Waals surface area (Å²) in [6.07, 6.45) is 1.81. The highest BCUT2D eigenvalue weighted by Crippen LogP contribution is 2.34. The fourth-order valence-electron chi connectivity index (χ4n) is 4.89. The number of benzene rings is 1. The second-order valence-corrected chi connectivity index (χ2v) is 13.2. The zero-order valence-corrected chi connectivity index (χ0v) is 24.5. The van der Waals surface area contributed by atoms with Crippen LogP contribution in [0.3, 0.4) is 0 Å². The first-order valence-electron chi connectivity index (χ1n) is 13.7. The van der Waals surface area contributed by atoms with Crippen molar-refractivity contribution >= 4 is 22.6 Å². The maximum atomic E-state index is 13.8. The van der Waals surface area contributed by atoms with Crippen LogP contribution >= 0.6 is 0 Å². The highest BCUT2D eigenvalue weighted by atomic mass is 16.2. The van der Waals surface area contributed by atoms with Gasteiger partial charge in [0.15, 0.2) is 5.65 Å². The molecule has 0 atom stereocenters. The molecule has 3 aromatic rings. The number of aromatic nitrogens is 3. The summed E-state index contributed by atoms with van der Waals surface area (Å²) in [7, 11) is 0. The molecule has 0 radical (unpaired) electrons. The molecule has 200 valence electrons. The summed E-state index contributed by atoms with van der Waals surface area (Å²) in [6.45, 7) is 25.1. The van der Waals surface area contributed by atoms with E-state index in [0.29, 0.717) is 13.1 Å². The lowest BCUT2D eigenvalue weighted by Gasteiger charge is -2.37. The van der Waals surface area contributed by atoms with Crippen molar-refractivity contribution in [3.05, 3.63) is 52.8 Å². The molecule has 4 rings (SSSR count). The number of nitrogens with zero attached hydrogens (tertiary/aromatic N) is 5. The van der Waals surface area contributed by atoms with Crippen LogP contribution in [0.5, 0.6) is 0 Å². The number of rotatable bonds is 4. The predicted molar refractivity (Wildman–Crippen MR) is 154 cm³/mol. The molecular weight excluding hydrogens is 458 g/mol. The van der Waals surface area contributed by atoms with Gasteiger partial charge in [0, 0.05) is 43.6 Å². The van der Waals surface area contributed by atoms with Crippen molar-refractivity contribution in [3.8, 4) is 0 Å². The Bertz CT molecular complexity index is 1250. The van der Waals surface area contributed by atoms with E-state index in [1.807, 2.05) is 21.8 Å². The van der Waals surface area contributed by atoms with E-state index in [4.69, 9.17) is 4.98 Å². The maximum absolute atomic E-state index is 13.8. The second-order valence-electron chi connectivity index (χ2n) is 13.2. The summed E-state index contributed by atoms with van der Waals surface area (Å²) >= 11 is 0. The minimum atomic E-state index is 0.0784. The Kier molecular flexibility index (Phi) is 7.17. The van der Waals surface area contributed by atoms with E-state index in [-0.39, 0.29) is 28.7 Å². The van der Waals surface area contributed by atoms with Crippen LogP contribution in [0, 0.1) is 0 Å². The number of pyridine rings is 1. The zero-order valence-electron chi connectivity index (χ0n) is 24.5. The van der Waals surface area contributed by atoms with E-state index >= 15 is 0 Å². The molecule has 0 N–H and O–H groups in total. The second kappa shape index (κ2) is 9.77. The lowest BCUT2D eigenvalue weighted by molar-refractivity contribution is 0.0748. The fraction of sp³-hybridized carbons (Fsp3) is 0.581. The molecular formula is C31H45N5O. The monoisotopic (exact) mass is 503 g/mol. The van der Waals surface area contributed by atoms with Crippen molar-refractivity contribution in [3.63, 3.8) is 0 Å². The molecule has 0 spiro atoms. The van der Waals surface area contributed by atoms with Crippen LogP contribution in [-0.2, 0) is 10.8 Å². The molecule has 1 fully saturated rings. The molecule has 0 aliphatic carbocycles. The SMILES string of the molecule is CC(C)c1cc(C(=O)N2CCN(c3cc(C(C)(C)C)cc(C(C)(C)C)c3)CC2)c2cnn(C(C)C)c2n1. The third kappa shape index (κ3) is 5.53. The Labute approximate surface area is 223 Å². The lowest BCUT2D eigenvalue weighted by atomic mass is 9.80. The Morgan fingerprint density at radius 2 is 1.41 bits per heavy atom. The van der Waals surface area contributed by atoms with Gasteiger partial charge in [-0.15, -0.1) is 0 Å². The number of carbonyl (C=O) groups is 1. The van der Waals surface area contributed by atoms with E-state index in [9.17, 15) is 4.79 Å². The van der Waals surface area contributed by atoms with Crippen molar-refractivity contribution in [1.82, 2.24) is 19.7 Å². The van der Waals surface area contributed by atoms with Gasteiger partial charge in [-0.2, -0.15) is 5.10 Å². The number of piperazine rings is 1. The quantitative estimate of drug-likeness (QED) is 0.398. The smallest absolute Gasteiger partial charge is 0.254 e. The number of hydrogen-bond acceptors (Lipinski definition) is 4. The van der Waals surface area contributed by atoms with Gasteiger partial charge in [-0.05, 0) is 59.9 Å². The summed E-state index contributed by atoms with van der Waals surface area (Å²) < 4.78 is 1.92. The van der Waals surface area contributed by atoms with Crippen molar-refractivity contribution in [2.75, 3.05) is 31.1 Å². The molecule has 0 unspecified atom stereocenters. The molecule has 1 aromatic carbocycles. The van der Waals surface area contributed by atoms with Gasteiger partial charge in [0.05, 0.1) is 17.1 Å². The first-order valence-corrected chi connectivity index (χ1v) is 13.7. The van der Waals surface area contributed by atoms with Crippen molar-refractivity contribution in [2.24, 2.45) is 0 Å². The molecule has 1 aliphatic heterocycles. The van der Waals surface area contributed by atoms with Crippen LogP contribution in [0.4, 0.5) is 5.69 Å². The first kappa shape index (κ1) is 27.2. The van der Waals surface area contributed by atoms with Gasteiger partial charge in [0.25, 0.3) is 5.91 Å². The number of anilines is 1. The van der Waals surface area contributed by atoms with E-state index in [2.05, 4.69) is 97.4 Å². The van der Waals surface area contributed by atoms with Gasteiger partial charge in [0.1, 0.15) is 0 Å². The zero-order chi connectivity index (χ0) is 27.3. The molecule has 37 heavy (non-hydrogen) atoms. The minimum absolute atomic E-state index is 0.0784. The minimum Gasteiger partial charge on any atom is -0.368 e. The molecule has 1 saturated heterocycles. The molecule has 0 saturated carbocycles. The number of carbonyl (C=O) groups excluding carboxylic acids is 1. The largest absolute Gasteiger partial charge is 0.368 e. The molecule has 1 amide bonds. The Morgan fingerprint density at radius 3 is 1.89 bits per heavy atom. The van der Waals surface area contributed by atoms with Gasteiger partial charge in [-0.25, -0.2) is 9.67 Å². The third-order valence-corrected chi connectivity index (χ3v) is 7.48. The highest BCUT2D eigenvalue weighted by molar-refractivity contribution is 6.05. The third-order valence-electron chi connectivity index (χ3n) is 7.48. The molecule has 0 bridgehead atoms. The first-order chi connectivity index (χ1) is 17.2. The summed E-state index contributed by atoms with van der Waals surface area (Å²) in [5, 5.41) is 5.41. The summed E-state index contributed by atoms with van der Waals surface area (Å²) in [5.41, 5.74) is 6.59. The van der Waals surface area contributed by atoms with Crippen LogP contribution in [0.1, 0.15) is 108 Å². The van der Waals surface area contributed by atoms with Gasteiger partial charge in [0.2, 0.25) is 0 Å². The van der Waals surface area contributed by atoms with Gasteiger partial charge < -0.3 is 9.80 Å². The van der Waals surface area contributed by atoms with Crippen LogP contribution in [0.2, 0.25) is 0 Å². The normalized spacial score (nSPS) is 15.4. The van der Waals surface area contributed by atoms with Crippen LogP contribution in [0.15, 0.2) is 30.5 Å². The molecule has 6 nitrogen and oxygen atoms in total. The Morgan fingerprint density at radius 1 is 0.838 bits per heavy atom. The van der Waals surface area contributed by atoms with Gasteiger partial charge in [-0.3, -0.25) is 4.79 Å². The van der Waals surface area contributed by atoms with Gasteiger partial charge >= 0.3 is 0 Å². The van der Waals surface area contributed by atoms with Crippen LogP contribution < -0.4 is 4.90 Å². The maximum Gasteiger partial charge on any atom is 0.254 e. The number of hydrogen-bond donors (Lipinski definition) is 0. The van der Waals surface area contributed by atoms with Crippen molar-refractivity contribution in [1.29, 1.82) is 0 Å². The van der Waals surface area contributed by atoms with Gasteiger partial charge in [-0.1, -0.05) is 61.5 Å². The molecule has 3 heterocycles. The molecule has 1 aliphatic rings. The van der Waals surface area contributed by atoms with E-state index < -0.39 is 0 Å². The predicted octanol–water partition coefficient (Wildman–Crippen LogP) is 6.69. The van der Waals surface area contributed by atoms with E-state index in [0.717, 1.165) is 35.4 Å². The average molecular weight is 504 g/mol. The average Bonchev–Trinajstić information content (AvgIpc) is 3.26. The van der Waals surface area contributed by atoms with E-state index in [1.54, 1.807) is 0 Å². The van der Waals surface area contributed by atoms with Crippen LogP contribution in [-0.4, -0.2) is 51.8 Å². The Hall–Kier alpha value is -2.89. The fourth-order valence-corrected chi connectivity index (χ4v) is 4.89. The van der Waals surface area contributed by atoms with E-state index in [1.165, 1.54) is 16.8 Å². The summed E-state index contributed by atoms with van der Waals surface area (Å²) in [6, 6.07) is 9.21. The highest BCUT2D eigenvalue weighted by Gasteiger charge is 2.28. The molecule has 2 aromatic heterocycles. The summed E-state index contributed by atoms with van der Waals surface area (Å²) in [5.74, 6) is 0.312. The standard InChI is InChI=1S/C31H45N5O/c1-20(2)27-18-25(26-19-32-36(21(3)4)28(26)33-27)29(37)35-13-11-34(12-14-35)24-16-22(30(5,6)7)15-23(17-24)31(8,9)10/h15-21H,11-14H2,1-10H3. The molecule has 6 heteroatoms. The van der Waals surface area contributed by atoms with Crippen molar-refractivity contribution in [2.45, 2.75) is 92.0 Å². The summed E-state index contributed by atoms with van der Waals surface area (Å²) in [4.78, 5) is 23.1. The van der Waals surface area contributed by atoms with Crippen molar-refractivity contribution < 1.29 is 4.79 Å².